The topological polar surface area (TPSA) is 16.1 Å². The van der Waals surface area contributed by atoms with E-state index in [1.54, 1.807) is 0 Å². The van der Waals surface area contributed by atoms with Gasteiger partial charge in [-0.1, -0.05) is 25.6 Å². The molecule has 0 amide bonds. The zero-order chi connectivity index (χ0) is 13.2. The van der Waals surface area contributed by atoms with Crippen LogP contribution >= 0.6 is 0 Å². The molecule has 1 aliphatic rings. The van der Waals surface area contributed by atoms with Crippen LogP contribution in [0.1, 0.15) is 25.3 Å². The SMILES string of the molecule is CC1CCCN1c1cncc(C#C[Si](C)(C)C)c1. The molecule has 2 rings (SSSR count). The molecular weight excluding hydrogens is 236 g/mol. The molecule has 0 spiro atoms. The molecule has 1 atom stereocenters. The van der Waals surface area contributed by atoms with Gasteiger partial charge in [-0.05, 0) is 25.8 Å². The second kappa shape index (κ2) is 5.15. The fourth-order valence-electron chi connectivity index (χ4n) is 2.23. The maximum Gasteiger partial charge on any atom is 0.129 e. The molecule has 1 unspecified atom stereocenters. The Kier molecular flexibility index (Phi) is 3.77. The van der Waals surface area contributed by atoms with Crippen molar-refractivity contribution in [2.75, 3.05) is 11.4 Å². The first-order valence-electron chi connectivity index (χ1n) is 6.70. The number of nitrogens with zero attached hydrogens (tertiary/aromatic N) is 2. The van der Waals surface area contributed by atoms with Crippen LogP contribution < -0.4 is 4.90 Å². The monoisotopic (exact) mass is 258 g/mol. The van der Waals surface area contributed by atoms with Gasteiger partial charge >= 0.3 is 0 Å². The second-order valence-corrected chi connectivity index (χ2v) is 10.9. The Bertz CT molecular complexity index is 479. The quantitative estimate of drug-likeness (QED) is 0.567. The summed E-state index contributed by atoms with van der Waals surface area (Å²) in [4.78, 5) is 6.77. The first-order chi connectivity index (χ1) is 8.46. The van der Waals surface area contributed by atoms with Crippen molar-refractivity contribution < 1.29 is 0 Å². The van der Waals surface area contributed by atoms with Crippen LogP contribution in [0.15, 0.2) is 18.5 Å². The van der Waals surface area contributed by atoms with Crippen molar-refractivity contribution in [1.82, 2.24) is 4.98 Å². The average Bonchev–Trinajstić information content (AvgIpc) is 2.72. The maximum absolute atomic E-state index is 4.34. The van der Waals surface area contributed by atoms with Crippen LogP contribution in [0.5, 0.6) is 0 Å². The standard InChI is InChI=1S/C15H22N2Si/c1-13-6-5-8-17(13)15-10-14(11-16-12-15)7-9-18(2,3)4/h10-13H,5-6,8H2,1-4H3. The van der Waals surface area contributed by atoms with Gasteiger partial charge in [0.05, 0.1) is 11.9 Å². The average molecular weight is 258 g/mol. The van der Waals surface area contributed by atoms with E-state index in [4.69, 9.17) is 0 Å². The molecule has 3 heteroatoms. The summed E-state index contributed by atoms with van der Waals surface area (Å²) in [6, 6.07) is 2.81. The van der Waals surface area contributed by atoms with Gasteiger partial charge in [0.15, 0.2) is 0 Å². The van der Waals surface area contributed by atoms with E-state index in [9.17, 15) is 0 Å². The highest BCUT2D eigenvalue weighted by Gasteiger charge is 2.20. The highest BCUT2D eigenvalue weighted by atomic mass is 28.3. The summed E-state index contributed by atoms with van der Waals surface area (Å²) < 4.78 is 0. The molecule has 2 heterocycles. The van der Waals surface area contributed by atoms with Gasteiger partial charge in [0, 0.05) is 24.3 Å². The van der Waals surface area contributed by atoms with Crippen LogP contribution in [0.2, 0.25) is 19.6 Å². The molecule has 1 aromatic rings. The van der Waals surface area contributed by atoms with E-state index >= 15 is 0 Å². The summed E-state index contributed by atoms with van der Waals surface area (Å²) in [6.07, 6.45) is 6.40. The zero-order valence-corrected chi connectivity index (χ0v) is 12.8. The van der Waals surface area contributed by atoms with Crippen molar-refractivity contribution in [1.29, 1.82) is 0 Å². The number of hydrogen-bond donors (Lipinski definition) is 0. The van der Waals surface area contributed by atoms with Crippen LogP contribution in [0.25, 0.3) is 0 Å². The van der Waals surface area contributed by atoms with Gasteiger partial charge in [-0.15, -0.1) is 5.54 Å². The van der Waals surface area contributed by atoms with E-state index in [1.165, 1.54) is 18.5 Å². The molecule has 0 saturated carbocycles. The molecule has 1 aromatic heterocycles. The van der Waals surface area contributed by atoms with Crippen molar-refractivity contribution in [3.05, 3.63) is 24.0 Å². The predicted molar refractivity (Wildman–Crippen MR) is 80.5 cm³/mol. The Morgan fingerprint density at radius 2 is 2.11 bits per heavy atom. The van der Waals surface area contributed by atoms with E-state index in [1.807, 2.05) is 12.4 Å². The summed E-state index contributed by atoms with van der Waals surface area (Å²) >= 11 is 0. The lowest BCUT2D eigenvalue weighted by Crippen LogP contribution is -2.26. The number of anilines is 1. The molecule has 0 radical (unpaired) electrons. The molecule has 0 aliphatic carbocycles. The van der Waals surface area contributed by atoms with E-state index in [2.05, 4.69) is 54.0 Å². The van der Waals surface area contributed by atoms with Gasteiger partial charge in [-0.2, -0.15) is 0 Å². The summed E-state index contributed by atoms with van der Waals surface area (Å²) in [7, 11) is -1.30. The molecule has 18 heavy (non-hydrogen) atoms. The minimum absolute atomic E-state index is 0.631. The molecule has 2 nitrogen and oxygen atoms in total. The third-order valence-corrected chi connectivity index (χ3v) is 4.07. The fraction of sp³-hybridized carbons (Fsp3) is 0.533. The van der Waals surface area contributed by atoms with Crippen molar-refractivity contribution in [3.8, 4) is 11.5 Å². The first kappa shape index (κ1) is 13.2. The maximum atomic E-state index is 4.34. The summed E-state index contributed by atoms with van der Waals surface area (Å²) in [5, 5.41) is 0. The van der Waals surface area contributed by atoms with E-state index < -0.39 is 8.07 Å². The Hall–Kier alpha value is -1.27. The zero-order valence-electron chi connectivity index (χ0n) is 11.8. The Morgan fingerprint density at radius 3 is 2.72 bits per heavy atom. The van der Waals surface area contributed by atoms with Gasteiger partial charge in [0.1, 0.15) is 8.07 Å². The lowest BCUT2D eigenvalue weighted by molar-refractivity contribution is 0.734. The van der Waals surface area contributed by atoms with E-state index in [-0.39, 0.29) is 0 Å². The van der Waals surface area contributed by atoms with Crippen LogP contribution in [-0.4, -0.2) is 25.6 Å². The van der Waals surface area contributed by atoms with Crippen LogP contribution in [0.4, 0.5) is 5.69 Å². The van der Waals surface area contributed by atoms with E-state index in [0.717, 1.165) is 12.1 Å². The van der Waals surface area contributed by atoms with Crippen LogP contribution in [0, 0.1) is 11.5 Å². The van der Waals surface area contributed by atoms with Gasteiger partial charge in [-0.3, -0.25) is 4.98 Å². The Morgan fingerprint density at radius 1 is 1.33 bits per heavy atom. The molecular formula is C15H22N2Si. The largest absolute Gasteiger partial charge is 0.368 e. The van der Waals surface area contributed by atoms with Crippen molar-refractivity contribution in [2.45, 2.75) is 45.4 Å². The van der Waals surface area contributed by atoms with Crippen molar-refractivity contribution >= 4 is 13.8 Å². The fourth-order valence-corrected chi connectivity index (χ4v) is 2.75. The Balaban J connectivity index is 2.22. The van der Waals surface area contributed by atoms with Crippen molar-refractivity contribution in [2.24, 2.45) is 0 Å². The molecule has 1 fully saturated rings. The molecule has 1 saturated heterocycles. The van der Waals surface area contributed by atoms with Crippen LogP contribution in [0.3, 0.4) is 0 Å². The summed E-state index contributed by atoms with van der Waals surface area (Å²) in [6.45, 7) is 10.2. The van der Waals surface area contributed by atoms with Gasteiger partial charge in [0.25, 0.3) is 0 Å². The number of rotatable bonds is 1. The predicted octanol–water partition coefficient (Wildman–Crippen LogP) is 3.30. The molecule has 0 bridgehead atoms. The summed E-state index contributed by atoms with van der Waals surface area (Å²) in [5.74, 6) is 3.29. The minimum atomic E-state index is -1.30. The van der Waals surface area contributed by atoms with Crippen LogP contribution in [-0.2, 0) is 0 Å². The first-order valence-corrected chi connectivity index (χ1v) is 10.2. The number of aromatic nitrogens is 1. The third-order valence-electron chi connectivity index (χ3n) is 3.19. The summed E-state index contributed by atoms with van der Waals surface area (Å²) in [5.41, 5.74) is 5.67. The highest BCUT2D eigenvalue weighted by Crippen LogP contribution is 2.24. The van der Waals surface area contributed by atoms with Crippen molar-refractivity contribution in [3.63, 3.8) is 0 Å². The lowest BCUT2D eigenvalue weighted by Gasteiger charge is -2.23. The van der Waals surface area contributed by atoms with Gasteiger partial charge < -0.3 is 4.90 Å². The minimum Gasteiger partial charge on any atom is -0.368 e. The molecule has 1 aliphatic heterocycles. The second-order valence-electron chi connectivity index (χ2n) is 6.12. The van der Waals surface area contributed by atoms with Gasteiger partial charge in [-0.25, -0.2) is 0 Å². The Labute approximate surface area is 111 Å². The van der Waals surface area contributed by atoms with Gasteiger partial charge in [0.2, 0.25) is 0 Å². The third kappa shape index (κ3) is 3.36. The van der Waals surface area contributed by atoms with E-state index in [0.29, 0.717) is 6.04 Å². The lowest BCUT2D eigenvalue weighted by atomic mass is 10.2. The highest BCUT2D eigenvalue weighted by molar-refractivity contribution is 6.83. The number of pyridine rings is 1. The normalized spacial score (nSPS) is 19.6. The molecule has 0 aromatic carbocycles. The smallest absolute Gasteiger partial charge is 0.129 e. The molecule has 96 valence electrons. The number of hydrogen-bond acceptors (Lipinski definition) is 2. The molecule has 0 N–H and O–H groups in total.